The van der Waals surface area contributed by atoms with Crippen molar-refractivity contribution in [2.75, 3.05) is 60.5 Å². The lowest BCUT2D eigenvalue weighted by molar-refractivity contribution is -0.870. The van der Waals surface area contributed by atoms with E-state index in [9.17, 15) is 53.5 Å². The number of azo groups is 1. The second kappa shape index (κ2) is 27.8. The van der Waals surface area contributed by atoms with Crippen molar-refractivity contribution in [1.29, 1.82) is 0 Å². The lowest BCUT2D eigenvalue weighted by Gasteiger charge is -2.30. The van der Waals surface area contributed by atoms with Gasteiger partial charge in [-0.3, -0.25) is 38.4 Å². The van der Waals surface area contributed by atoms with Gasteiger partial charge in [-0.1, -0.05) is 6.07 Å². The number of phosphoric ester groups is 1. The first-order chi connectivity index (χ1) is 32.9. The molecule has 7 atom stereocenters. The summed E-state index contributed by atoms with van der Waals surface area (Å²) >= 11 is 0. The number of aliphatic carboxylic acids is 1. The maximum absolute atomic E-state index is 13.9. The number of aromatic hydroxyl groups is 1. The number of carbonyl (C=O) groups is 6. The minimum atomic E-state index is -4.40. The number of benzene rings is 2. The number of unbranched alkanes of at least 4 members (excludes halogenated alkanes) is 1. The number of phenolic OH excluding ortho intramolecular Hbond substituents is 1. The molecule has 1 aliphatic rings. The molecule has 1 heterocycles. The molecule has 16 N–H and O–H groups in total. The molecule has 7 unspecified atom stereocenters. The molecule has 70 heavy (non-hydrogen) atoms. The molecular weight excluding hydrogens is 938 g/mol. The minimum absolute atomic E-state index is 0.0104. The number of aliphatic hydroxyl groups is 1. The zero-order valence-electron chi connectivity index (χ0n) is 39.9. The normalized spacial score (nSPS) is 16.7. The van der Waals surface area contributed by atoms with E-state index in [2.05, 4.69) is 36.5 Å². The van der Waals surface area contributed by atoms with Crippen molar-refractivity contribution >= 4 is 60.7 Å². The molecule has 1 saturated heterocycles. The fraction of sp³-hybridized carbons (Fsp3) is 0.558. The highest BCUT2D eigenvalue weighted by molar-refractivity contribution is 7.47. The van der Waals surface area contributed by atoms with Gasteiger partial charge in [0.15, 0.2) is 5.96 Å². The zero-order valence-corrected chi connectivity index (χ0v) is 40.8. The van der Waals surface area contributed by atoms with Crippen LogP contribution in [-0.2, 0) is 44.3 Å². The average Bonchev–Trinajstić information content (AvgIpc) is 3.78. The topological polar surface area (TPSA) is 411 Å². The highest BCUT2D eigenvalue weighted by Crippen LogP contribution is 2.44. The highest BCUT2D eigenvalue weighted by atomic mass is 31.2. The van der Waals surface area contributed by atoms with Gasteiger partial charge < -0.3 is 73.4 Å². The number of carboxylic acid groups (broad SMARTS) is 1. The summed E-state index contributed by atoms with van der Waals surface area (Å²) in [7, 11) is 1.29. The SMILES string of the molecule is CC(O)C(N)C(=O)NC(CCCCN)C(=O)N1CCCC1C(=O)NC(CCCN=C(N)N)C(=O)NCC(=O)NC(Cc1ccc(O)c(N=Nc2ccc(OP(=O)(O)OCC[N+](C)(C)C)cc2)c1)C(=O)O. The second-order valence-corrected chi connectivity index (χ2v) is 19.0. The quantitative estimate of drug-likeness (QED) is 0.0117. The fourth-order valence-corrected chi connectivity index (χ4v) is 7.56. The van der Waals surface area contributed by atoms with Crippen molar-refractivity contribution in [3.63, 3.8) is 0 Å². The third kappa shape index (κ3) is 20.4. The van der Waals surface area contributed by atoms with E-state index in [1.165, 1.54) is 54.3 Å². The molecule has 0 spiro atoms. The van der Waals surface area contributed by atoms with Gasteiger partial charge in [0.2, 0.25) is 29.5 Å². The first kappa shape index (κ1) is 58.0. The van der Waals surface area contributed by atoms with Gasteiger partial charge >= 0.3 is 13.8 Å². The number of likely N-dealkylation sites (tertiary alicyclic amines) is 1. The molecule has 1 fully saturated rings. The summed E-state index contributed by atoms with van der Waals surface area (Å²) in [4.78, 5) is 94.6. The Morgan fingerprint density at radius 3 is 2.24 bits per heavy atom. The van der Waals surface area contributed by atoms with Crippen molar-refractivity contribution in [1.82, 2.24) is 26.2 Å². The summed E-state index contributed by atoms with van der Waals surface area (Å²) in [5, 5.41) is 48.4. The molecule has 27 heteroatoms. The third-order valence-electron chi connectivity index (χ3n) is 10.7. The van der Waals surface area contributed by atoms with Gasteiger partial charge in [-0.05, 0) is 100 Å². The summed E-state index contributed by atoms with van der Waals surface area (Å²) in [6.07, 6.45) is 0.582. The number of phenols is 1. The lowest BCUT2D eigenvalue weighted by Crippen LogP contribution is -2.58. The fourth-order valence-electron chi connectivity index (χ4n) is 6.80. The van der Waals surface area contributed by atoms with E-state index in [4.69, 9.17) is 32.0 Å². The predicted molar refractivity (Wildman–Crippen MR) is 255 cm³/mol. The number of nitrogens with one attached hydrogen (secondary N) is 4. The van der Waals surface area contributed by atoms with Crippen LogP contribution in [0.3, 0.4) is 0 Å². The van der Waals surface area contributed by atoms with E-state index in [0.29, 0.717) is 42.4 Å². The van der Waals surface area contributed by atoms with E-state index < -0.39 is 86.2 Å². The first-order valence-corrected chi connectivity index (χ1v) is 24.1. The molecule has 388 valence electrons. The molecule has 1 aliphatic heterocycles. The Kier molecular flexibility index (Phi) is 23.0. The maximum atomic E-state index is 13.9. The Morgan fingerprint density at radius 1 is 0.929 bits per heavy atom. The number of quaternary nitrogens is 1. The number of rotatable bonds is 29. The van der Waals surface area contributed by atoms with Gasteiger partial charge in [-0.2, -0.15) is 5.11 Å². The van der Waals surface area contributed by atoms with Gasteiger partial charge in [-0.15, -0.1) is 5.11 Å². The van der Waals surface area contributed by atoms with Gasteiger partial charge in [0.1, 0.15) is 60.5 Å². The molecule has 0 radical (unpaired) electrons. The predicted octanol–water partition coefficient (Wildman–Crippen LogP) is -0.911. The van der Waals surface area contributed by atoms with Crippen LogP contribution < -0.4 is 48.7 Å². The maximum Gasteiger partial charge on any atom is 0.527 e. The van der Waals surface area contributed by atoms with Crippen LogP contribution >= 0.6 is 7.82 Å². The van der Waals surface area contributed by atoms with Gasteiger partial charge in [-0.25, -0.2) is 9.36 Å². The minimum Gasteiger partial charge on any atom is -0.506 e. The van der Waals surface area contributed by atoms with Gasteiger partial charge in [0.25, 0.3) is 0 Å². The Bertz CT molecular complexity index is 2200. The monoisotopic (exact) mass is 1010 g/mol. The molecule has 3 rings (SSSR count). The standard InChI is InChI=1S/C43H68N13O13P/c1-26(57)37(45)40(62)52-31(9-5-6-18-44)41(63)55-20-8-11-34(55)39(61)51-30(10-7-19-48-43(46)47)38(60)49-25-36(59)50-33(42(64)65)24-27-12-17-35(58)32(23-27)54-53-28-13-15-29(16-14-28)69-70(66,67)68-22-21-56(2,3)4/h12-17,23,26,30-31,33-34,37,57H,5-11,18-22,24-25,44-45H2,1-4H3,(H10-,46,47,48,49,50,51,52,53,58,59,60,61,62,64,65,66,67)/p+1. The van der Waals surface area contributed by atoms with Crippen LogP contribution in [0.15, 0.2) is 57.7 Å². The van der Waals surface area contributed by atoms with E-state index in [0.717, 1.165) is 0 Å². The largest absolute Gasteiger partial charge is 0.527 e. The average molecular weight is 1010 g/mol. The summed E-state index contributed by atoms with van der Waals surface area (Å²) < 4.78 is 23.0. The second-order valence-electron chi connectivity index (χ2n) is 17.6. The molecule has 0 aromatic heterocycles. The molecule has 5 amide bonds. The highest BCUT2D eigenvalue weighted by Gasteiger charge is 2.39. The number of nitrogens with zero attached hydrogens (tertiary/aromatic N) is 5. The van der Waals surface area contributed by atoms with E-state index in [-0.39, 0.29) is 80.6 Å². The van der Waals surface area contributed by atoms with Crippen LogP contribution in [0.25, 0.3) is 0 Å². The molecule has 26 nitrogen and oxygen atoms in total. The smallest absolute Gasteiger partial charge is 0.506 e. The summed E-state index contributed by atoms with van der Waals surface area (Å²) in [6, 6.07) is 3.43. The Balaban J connectivity index is 1.66. The number of nitrogens with two attached hydrogens (primary N) is 4. The van der Waals surface area contributed by atoms with Crippen LogP contribution in [0.5, 0.6) is 11.5 Å². The molecule has 0 saturated carbocycles. The number of hydrogen-bond acceptors (Lipinski definition) is 16. The van der Waals surface area contributed by atoms with Crippen LogP contribution in [0.4, 0.5) is 11.4 Å². The third-order valence-corrected chi connectivity index (χ3v) is 11.6. The van der Waals surface area contributed by atoms with Crippen molar-refractivity contribution in [3.05, 3.63) is 48.0 Å². The molecule has 2 aromatic rings. The number of carboxylic acids is 1. The number of guanidine groups is 1. The van der Waals surface area contributed by atoms with E-state index in [1.54, 1.807) is 0 Å². The van der Waals surface area contributed by atoms with E-state index in [1.807, 2.05) is 21.1 Å². The van der Waals surface area contributed by atoms with E-state index >= 15 is 0 Å². The number of aliphatic hydroxyl groups excluding tert-OH is 1. The number of likely N-dealkylation sites (N-methyl/N-ethyl adjacent to an activating group) is 1. The van der Waals surface area contributed by atoms with Gasteiger partial charge in [0, 0.05) is 19.5 Å². The Hall–Kier alpha value is -6.28. The zero-order chi connectivity index (χ0) is 52.2. The first-order valence-electron chi connectivity index (χ1n) is 22.6. The van der Waals surface area contributed by atoms with Crippen molar-refractivity contribution in [2.45, 2.75) is 94.6 Å². The number of aliphatic imine (C=N–C) groups is 1. The van der Waals surface area contributed by atoms with Crippen molar-refractivity contribution in [2.24, 2.45) is 38.2 Å². The number of carbonyl (C=O) groups excluding carboxylic acids is 5. The number of hydrogen-bond donors (Lipinski definition) is 12. The molecule has 0 aliphatic carbocycles. The van der Waals surface area contributed by atoms with Crippen molar-refractivity contribution in [3.8, 4) is 11.5 Å². The summed E-state index contributed by atoms with van der Waals surface area (Å²) in [5.41, 5.74) is 22.9. The summed E-state index contributed by atoms with van der Waals surface area (Å²) in [5.74, 6) is -5.58. The Morgan fingerprint density at radius 2 is 1.61 bits per heavy atom. The Labute approximate surface area is 405 Å². The van der Waals surface area contributed by atoms with Crippen LogP contribution in [0.2, 0.25) is 0 Å². The van der Waals surface area contributed by atoms with Crippen LogP contribution in [-0.4, -0.2) is 168 Å². The molecule has 2 aromatic carbocycles. The van der Waals surface area contributed by atoms with Crippen molar-refractivity contribution < 1.29 is 67.1 Å². The van der Waals surface area contributed by atoms with Gasteiger partial charge in [0.05, 0.1) is 39.5 Å². The number of phosphoric acid groups is 1. The number of amides is 5. The summed E-state index contributed by atoms with van der Waals surface area (Å²) in [6.45, 7) is 1.68. The molecule has 0 bridgehead atoms. The molecular formula is C43H69N13O13P+. The van der Waals surface area contributed by atoms with Crippen LogP contribution in [0, 0.1) is 0 Å². The lowest BCUT2D eigenvalue weighted by atomic mass is 10.0. The van der Waals surface area contributed by atoms with Crippen LogP contribution in [0.1, 0.15) is 57.4 Å².